The Balaban J connectivity index is 1.33. The lowest BCUT2D eigenvalue weighted by Gasteiger charge is -2.18. The van der Waals surface area contributed by atoms with Crippen molar-refractivity contribution >= 4 is 51.4 Å². The average molecular weight is 528 g/mol. The number of anilines is 1. The number of thioether (sulfide) groups is 1. The van der Waals surface area contributed by atoms with Crippen LogP contribution in [0, 0.1) is 0 Å². The summed E-state index contributed by atoms with van der Waals surface area (Å²) < 4.78 is 11.3. The number of esters is 1. The highest BCUT2D eigenvalue weighted by atomic mass is 32.2. The molecule has 0 unspecified atom stereocenters. The van der Waals surface area contributed by atoms with Crippen molar-refractivity contribution < 1.29 is 18.7 Å². The fraction of sp³-hybridized carbons (Fsp3) is 0.208. The van der Waals surface area contributed by atoms with E-state index in [-0.39, 0.29) is 17.1 Å². The molecule has 0 aliphatic heterocycles. The Morgan fingerprint density at radius 1 is 1.14 bits per heavy atom. The number of hydrogen-bond donors (Lipinski definition) is 1. The Morgan fingerprint density at radius 3 is 2.57 bits per heavy atom. The molecule has 35 heavy (non-hydrogen) atoms. The zero-order valence-corrected chi connectivity index (χ0v) is 21.5. The van der Waals surface area contributed by atoms with Crippen LogP contribution >= 0.6 is 34.4 Å². The third kappa shape index (κ3) is 6.44. The summed E-state index contributed by atoms with van der Waals surface area (Å²) in [4.78, 5) is 37.5. The molecule has 0 spiro atoms. The lowest BCUT2D eigenvalue weighted by molar-refractivity contribution is 0.0728. The number of rotatable bonds is 7. The second-order valence-electron chi connectivity index (χ2n) is 8.38. The summed E-state index contributed by atoms with van der Waals surface area (Å²) in [7, 11) is 0. The molecule has 0 radical (unpaired) electrons. The van der Waals surface area contributed by atoms with Gasteiger partial charge in [-0.1, -0.05) is 62.1 Å². The van der Waals surface area contributed by atoms with E-state index in [4.69, 9.17) is 9.15 Å². The van der Waals surface area contributed by atoms with Gasteiger partial charge in [-0.25, -0.2) is 4.79 Å². The zero-order valence-electron chi connectivity index (χ0n) is 19.1. The van der Waals surface area contributed by atoms with E-state index in [9.17, 15) is 14.4 Å². The van der Waals surface area contributed by atoms with E-state index in [1.54, 1.807) is 24.3 Å². The number of thiophene rings is 1. The van der Waals surface area contributed by atoms with Gasteiger partial charge < -0.3 is 9.15 Å². The molecule has 4 rings (SSSR count). The van der Waals surface area contributed by atoms with Crippen molar-refractivity contribution in [3.8, 4) is 5.75 Å². The minimum Gasteiger partial charge on any atom is -0.464 e. The van der Waals surface area contributed by atoms with Crippen molar-refractivity contribution in [2.45, 2.75) is 36.3 Å². The summed E-state index contributed by atoms with van der Waals surface area (Å²) in [6.07, 6.45) is 1.13. The summed E-state index contributed by atoms with van der Waals surface area (Å²) in [5.74, 6) is -0.364. The Bertz CT molecular complexity index is 1390. The smallest absolute Gasteiger partial charge is 0.343 e. The van der Waals surface area contributed by atoms with Crippen LogP contribution in [-0.4, -0.2) is 22.1 Å². The standard InChI is InChI=1S/C24H21N3O5S3/c1-24(2,3)15-8-6-14(7-9-15)21(30)32-18-12-31-16(11-17(18)28)13-34-23-27-26-22(35-23)25-20(29)19-5-4-10-33-19/h4-12H,13H2,1-3H3,(H,25,26,29). The first kappa shape index (κ1) is 24.8. The number of ether oxygens (including phenoxy) is 1. The first-order valence-electron chi connectivity index (χ1n) is 10.4. The quantitative estimate of drug-likeness (QED) is 0.187. The maximum Gasteiger partial charge on any atom is 0.343 e. The lowest BCUT2D eigenvalue weighted by atomic mass is 9.87. The van der Waals surface area contributed by atoms with Gasteiger partial charge in [0.25, 0.3) is 5.91 Å². The van der Waals surface area contributed by atoms with E-state index >= 15 is 0 Å². The van der Waals surface area contributed by atoms with Crippen LogP contribution in [0.4, 0.5) is 5.13 Å². The minimum absolute atomic E-state index is 0.0360. The van der Waals surface area contributed by atoms with Gasteiger partial charge in [-0.2, -0.15) is 0 Å². The predicted molar refractivity (Wildman–Crippen MR) is 137 cm³/mol. The molecule has 0 atom stereocenters. The summed E-state index contributed by atoms with van der Waals surface area (Å²) in [6.45, 7) is 6.25. The van der Waals surface area contributed by atoms with Crippen LogP contribution < -0.4 is 15.5 Å². The summed E-state index contributed by atoms with van der Waals surface area (Å²) in [5, 5.41) is 12.9. The molecule has 0 aliphatic carbocycles. The first-order valence-corrected chi connectivity index (χ1v) is 13.1. The van der Waals surface area contributed by atoms with Gasteiger partial charge in [0.05, 0.1) is 16.2 Å². The van der Waals surface area contributed by atoms with Crippen LogP contribution in [0.2, 0.25) is 0 Å². The molecule has 3 heterocycles. The fourth-order valence-electron chi connectivity index (χ4n) is 2.87. The van der Waals surface area contributed by atoms with Gasteiger partial charge in [0, 0.05) is 6.07 Å². The van der Waals surface area contributed by atoms with E-state index in [2.05, 4.69) is 36.3 Å². The number of amides is 1. The monoisotopic (exact) mass is 527 g/mol. The van der Waals surface area contributed by atoms with Crippen molar-refractivity contribution in [1.29, 1.82) is 0 Å². The number of nitrogens with one attached hydrogen (secondary N) is 1. The molecule has 3 aromatic heterocycles. The van der Waals surface area contributed by atoms with Gasteiger partial charge in [-0.3, -0.25) is 14.9 Å². The molecule has 1 amide bonds. The minimum atomic E-state index is -0.633. The number of nitrogens with zero attached hydrogens (tertiary/aromatic N) is 2. The first-order chi connectivity index (χ1) is 16.7. The Labute approximate surface area is 213 Å². The van der Waals surface area contributed by atoms with Gasteiger partial charge in [0.1, 0.15) is 12.0 Å². The molecule has 0 bridgehead atoms. The van der Waals surface area contributed by atoms with Crippen molar-refractivity contribution in [1.82, 2.24) is 10.2 Å². The second kappa shape index (κ2) is 10.5. The molecule has 8 nitrogen and oxygen atoms in total. The molecule has 4 aromatic rings. The van der Waals surface area contributed by atoms with Crippen LogP contribution in [0.15, 0.2) is 67.7 Å². The molecule has 11 heteroatoms. The van der Waals surface area contributed by atoms with Crippen LogP contribution in [0.1, 0.15) is 52.1 Å². The maximum atomic E-state index is 12.4. The molecular weight excluding hydrogens is 506 g/mol. The molecule has 0 fully saturated rings. The molecule has 1 aromatic carbocycles. The normalized spacial score (nSPS) is 11.3. The van der Waals surface area contributed by atoms with Gasteiger partial charge in [0.2, 0.25) is 16.3 Å². The van der Waals surface area contributed by atoms with Crippen LogP contribution in [0.3, 0.4) is 0 Å². The largest absolute Gasteiger partial charge is 0.464 e. The summed E-state index contributed by atoms with van der Waals surface area (Å²) >= 11 is 3.86. The van der Waals surface area contributed by atoms with E-state index in [1.807, 2.05) is 17.5 Å². The van der Waals surface area contributed by atoms with Crippen LogP contribution in [0.5, 0.6) is 5.75 Å². The van der Waals surface area contributed by atoms with E-state index in [0.29, 0.717) is 31.4 Å². The van der Waals surface area contributed by atoms with Crippen LogP contribution in [0.25, 0.3) is 0 Å². The number of carbonyl (C=O) groups excluding carboxylic acids is 2. The van der Waals surface area contributed by atoms with Crippen molar-refractivity contribution in [3.05, 3.63) is 86.1 Å². The van der Waals surface area contributed by atoms with Crippen molar-refractivity contribution in [3.63, 3.8) is 0 Å². The number of hydrogen-bond acceptors (Lipinski definition) is 10. The molecule has 0 saturated heterocycles. The number of carbonyl (C=O) groups is 2. The molecule has 0 saturated carbocycles. The van der Waals surface area contributed by atoms with Crippen molar-refractivity contribution in [2.24, 2.45) is 0 Å². The van der Waals surface area contributed by atoms with E-state index in [1.165, 1.54) is 40.5 Å². The molecular formula is C24H21N3O5S3. The zero-order chi connectivity index (χ0) is 25.0. The topological polar surface area (TPSA) is 111 Å². The third-order valence-corrected chi connectivity index (χ3v) is 7.61. The molecule has 1 N–H and O–H groups in total. The highest BCUT2D eigenvalue weighted by molar-refractivity contribution is 8.00. The van der Waals surface area contributed by atoms with Crippen LogP contribution in [-0.2, 0) is 11.2 Å². The van der Waals surface area contributed by atoms with Gasteiger partial charge in [0.15, 0.2) is 4.34 Å². The summed E-state index contributed by atoms with van der Waals surface area (Å²) in [6, 6.07) is 11.9. The third-order valence-electron chi connectivity index (χ3n) is 4.75. The Morgan fingerprint density at radius 2 is 1.91 bits per heavy atom. The Hall–Kier alpha value is -3.28. The van der Waals surface area contributed by atoms with Crippen molar-refractivity contribution in [2.75, 3.05) is 5.32 Å². The highest BCUT2D eigenvalue weighted by Crippen LogP contribution is 2.29. The van der Waals surface area contributed by atoms with Gasteiger partial charge in [-0.05, 0) is 34.6 Å². The SMILES string of the molecule is CC(C)(C)c1ccc(C(=O)Oc2coc(CSc3nnc(NC(=O)c4cccs4)s3)cc2=O)cc1. The highest BCUT2D eigenvalue weighted by Gasteiger charge is 2.17. The Kier molecular flexibility index (Phi) is 7.48. The lowest BCUT2D eigenvalue weighted by Crippen LogP contribution is -2.16. The molecule has 180 valence electrons. The van der Waals surface area contributed by atoms with Gasteiger partial charge in [-0.15, -0.1) is 21.5 Å². The summed E-state index contributed by atoms with van der Waals surface area (Å²) in [5.41, 5.74) is 0.928. The average Bonchev–Trinajstić information content (AvgIpc) is 3.51. The van der Waals surface area contributed by atoms with Gasteiger partial charge >= 0.3 is 5.97 Å². The maximum absolute atomic E-state index is 12.4. The number of aromatic nitrogens is 2. The fourth-order valence-corrected chi connectivity index (χ4v) is 5.13. The number of benzene rings is 1. The predicted octanol–water partition coefficient (Wildman–Crippen LogP) is 5.61. The van der Waals surface area contributed by atoms with E-state index < -0.39 is 11.4 Å². The second-order valence-corrected chi connectivity index (χ2v) is 11.5. The molecule has 0 aliphatic rings. The van der Waals surface area contributed by atoms with E-state index in [0.717, 1.165) is 11.8 Å².